The molecule has 0 spiro atoms. The standard InChI is InChI=1S/C23H27N3O3/c1-16-13-17(10-11-21(16)27)23(29)26-14-18-7-5-8-20(19(18)15-26)25(4)22(28)9-6-12-24(2)3/h5-11,13,27H,12,14-15H2,1-4H3/b9-6+. The predicted octanol–water partition coefficient (Wildman–Crippen LogP) is 2.94. The van der Waals surface area contributed by atoms with E-state index in [2.05, 4.69) is 0 Å². The molecule has 0 aromatic heterocycles. The van der Waals surface area contributed by atoms with Crippen LogP contribution in [0.3, 0.4) is 0 Å². The molecule has 1 heterocycles. The normalized spacial score (nSPS) is 13.2. The molecular weight excluding hydrogens is 366 g/mol. The number of benzene rings is 2. The Hall–Kier alpha value is -3.12. The van der Waals surface area contributed by atoms with Crippen LogP contribution >= 0.6 is 0 Å². The average Bonchev–Trinajstić information content (AvgIpc) is 3.12. The van der Waals surface area contributed by atoms with Crippen molar-refractivity contribution in [3.8, 4) is 5.75 Å². The van der Waals surface area contributed by atoms with Crippen molar-refractivity contribution in [1.29, 1.82) is 0 Å². The molecule has 0 saturated heterocycles. The Labute approximate surface area is 171 Å². The van der Waals surface area contributed by atoms with Gasteiger partial charge in [-0.05, 0) is 56.4 Å². The molecule has 0 unspecified atom stereocenters. The minimum absolute atomic E-state index is 0.0879. The number of anilines is 1. The van der Waals surface area contributed by atoms with E-state index in [1.165, 1.54) is 0 Å². The molecule has 0 aliphatic carbocycles. The molecule has 2 amide bonds. The zero-order valence-corrected chi connectivity index (χ0v) is 17.3. The lowest BCUT2D eigenvalue weighted by Crippen LogP contribution is -2.27. The Kier molecular flexibility index (Phi) is 6.03. The van der Waals surface area contributed by atoms with Crippen molar-refractivity contribution in [2.24, 2.45) is 0 Å². The second-order valence-corrected chi connectivity index (χ2v) is 7.64. The van der Waals surface area contributed by atoms with Gasteiger partial charge in [-0.2, -0.15) is 0 Å². The van der Waals surface area contributed by atoms with E-state index < -0.39 is 0 Å². The Morgan fingerprint density at radius 3 is 2.59 bits per heavy atom. The van der Waals surface area contributed by atoms with E-state index in [0.717, 1.165) is 16.8 Å². The van der Waals surface area contributed by atoms with Crippen molar-refractivity contribution < 1.29 is 14.7 Å². The predicted molar refractivity (Wildman–Crippen MR) is 114 cm³/mol. The van der Waals surface area contributed by atoms with Crippen LogP contribution < -0.4 is 4.90 Å². The third kappa shape index (κ3) is 4.49. The molecule has 0 bridgehead atoms. The van der Waals surface area contributed by atoms with E-state index in [0.29, 0.717) is 30.8 Å². The topological polar surface area (TPSA) is 64.1 Å². The molecule has 0 atom stereocenters. The molecule has 6 nitrogen and oxygen atoms in total. The average molecular weight is 393 g/mol. The number of likely N-dealkylation sites (N-methyl/N-ethyl adjacent to an activating group) is 2. The highest BCUT2D eigenvalue weighted by molar-refractivity contribution is 6.02. The van der Waals surface area contributed by atoms with Gasteiger partial charge in [0.25, 0.3) is 5.91 Å². The van der Waals surface area contributed by atoms with Gasteiger partial charge in [-0.15, -0.1) is 0 Å². The summed E-state index contributed by atoms with van der Waals surface area (Å²) in [5.41, 5.74) is 4.07. The van der Waals surface area contributed by atoms with Gasteiger partial charge in [0.05, 0.1) is 0 Å². The van der Waals surface area contributed by atoms with Gasteiger partial charge < -0.3 is 19.8 Å². The summed E-state index contributed by atoms with van der Waals surface area (Å²) in [6, 6.07) is 10.7. The molecule has 2 aromatic rings. The van der Waals surface area contributed by atoms with Crippen LogP contribution in [0.4, 0.5) is 5.69 Å². The molecule has 0 radical (unpaired) electrons. The van der Waals surface area contributed by atoms with Gasteiger partial charge in [0.2, 0.25) is 5.91 Å². The van der Waals surface area contributed by atoms with Gasteiger partial charge in [-0.25, -0.2) is 0 Å². The molecule has 1 aliphatic rings. The number of carbonyl (C=O) groups is 2. The molecule has 2 aromatic carbocycles. The smallest absolute Gasteiger partial charge is 0.254 e. The lowest BCUT2D eigenvalue weighted by atomic mass is 10.1. The fourth-order valence-corrected chi connectivity index (χ4v) is 3.43. The lowest BCUT2D eigenvalue weighted by Gasteiger charge is -2.20. The van der Waals surface area contributed by atoms with Crippen molar-refractivity contribution in [2.75, 3.05) is 32.6 Å². The number of phenols is 1. The van der Waals surface area contributed by atoms with Crippen LogP contribution in [0.15, 0.2) is 48.6 Å². The summed E-state index contributed by atoms with van der Waals surface area (Å²) >= 11 is 0. The van der Waals surface area contributed by atoms with E-state index in [1.807, 2.05) is 43.3 Å². The van der Waals surface area contributed by atoms with E-state index in [1.54, 1.807) is 48.0 Å². The number of nitrogens with zero attached hydrogens (tertiary/aromatic N) is 3. The molecule has 6 heteroatoms. The maximum Gasteiger partial charge on any atom is 0.254 e. The number of aryl methyl sites for hydroxylation is 1. The number of amides is 2. The maximum absolute atomic E-state index is 12.9. The monoisotopic (exact) mass is 393 g/mol. The SMILES string of the molecule is Cc1cc(C(=O)N2Cc3cccc(N(C)C(=O)/C=C/CN(C)C)c3C2)ccc1O. The lowest BCUT2D eigenvalue weighted by molar-refractivity contribution is -0.113. The fourth-order valence-electron chi connectivity index (χ4n) is 3.43. The van der Waals surface area contributed by atoms with Crippen molar-refractivity contribution in [3.63, 3.8) is 0 Å². The number of aromatic hydroxyl groups is 1. The summed E-state index contributed by atoms with van der Waals surface area (Å²) in [6.45, 7) is 3.41. The molecule has 0 saturated carbocycles. The van der Waals surface area contributed by atoms with Crippen molar-refractivity contribution in [3.05, 3.63) is 70.8 Å². The van der Waals surface area contributed by atoms with Gasteiger partial charge in [-0.3, -0.25) is 9.59 Å². The van der Waals surface area contributed by atoms with Gasteiger partial charge in [0.15, 0.2) is 0 Å². The summed E-state index contributed by atoms with van der Waals surface area (Å²) in [4.78, 5) is 30.9. The first-order valence-electron chi connectivity index (χ1n) is 9.56. The molecule has 1 aliphatic heterocycles. The van der Waals surface area contributed by atoms with Crippen LogP contribution in [0.2, 0.25) is 0 Å². The van der Waals surface area contributed by atoms with Crippen molar-refractivity contribution >= 4 is 17.5 Å². The van der Waals surface area contributed by atoms with Crippen LogP contribution in [0.25, 0.3) is 0 Å². The molecular formula is C23H27N3O3. The van der Waals surface area contributed by atoms with Crippen LogP contribution in [-0.4, -0.2) is 54.4 Å². The molecule has 1 N–H and O–H groups in total. The highest BCUT2D eigenvalue weighted by atomic mass is 16.3. The van der Waals surface area contributed by atoms with Crippen LogP contribution in [0, 0.1) is 6.92 Å². The zero-order valence-electron chi connectivity index (χ0n) is 17.3. The number of carbonyl (C=O) groups excluding carboxylic acids is 2. The van der Waals surface area contributed by atoms with Crippen LogP contribution in [0.1, 0.15) is 27.0 Å². The molecule has 3 rings (SSSR count). The molecule has 152 valence electrons. The summed E-state index contributed by atoms with van der Waals surface area (Å²) in [5, 5.41) is 9.70. The highest BCUT2D eigenvalue weighted by Crippen LogP contribution is 2.32. The minimum Gasteiger partial charge on any atom is -0.508 e. The Morgan fingerprint density at radius 2 is 1.90 bits per heavy atom. The highest BCUT2D eigenvalue weighted by Gasteiger charge is 2.28. The van der Waals surface area contributed by atoms with Crippen LogP contribution in [-0.2, 0) is 17.9 Å². The van der Waals surface area contributed by atoms with Gasteiger partial charge in [0.1, 0.15) is 5.75 Å². The van der Waals surface area contributed by atoms with Crippen LogP contribution in [0.5, 0.6) is 5.75 Å². The quantitative estimate of drug-likeness (QED) is 0.794. The van der Waals surface area contributed by atoms with Crippen molar-refractivity contribution in [1.82, 2.24) is 9.80 Å². The molecule has 0 fully saturated rings. The first-order valence-corrected chi connectivity index (χ1v) is 9.56. The van der Waals surface area contributed by atoms with E-state index in [9.17, 15) is 14.7 Å². The Balaban J connectivity index is 1.79. The second kappa shape index (κ2) is 8.49. The first kappa shape index (κ1) is 20.6. The van der Waals surface area contributed by atoms with E-state index in [4.69, 9.17) is 0 Å². The fraction of sp³-hybridized carbons (Fsp3) is 0.304. The summed E-state index contributed by atoms with van der Waals surface area (Å²) in [6.07, 6.45) is 3.42. The number of rotatable bonds is 5. The Morgan fingerprint density at radius 1 is 1.14 bits per heavy atom. The minimum atomic E-state index is -0.0980. The summed E-state index contributed by atoms with van der Waals surface area (Å²) in [7, 11) is 5.65. The maximum atomic E-state index is 12.9. The molecule has 29 heavy (non-hydrogen) atoms. The number of phenolic OH excluding ortho intramolecular Hbond substituents is 1. The first-order chi connectivity index (χ1) is 13.8. The number of hydrogen-bond acceptors (Lipinski definition) is 4. The van der Waals surface area contributed by atoms with Gasteiger partial charge >= 0.3 is 0 Å². The second-order valence-electron chi connectivity index (χ2n) is 7.64. The largest absolute Gasteiger partial charge is 0.508 e. The number of fused-ring (bicyclic) bond motifs is 1. The van der Waals surface area contributed by atoms with Gasteiger partial charge in [-0.1, -0.05) is 18.2 Å². The summed E-state index contributed by atoms with van der Waals surface area (Å²) in [5.74, 6) is -0.00898. The van der Waals surface area contributed by atoms with E-state index >= 15 is 0 Å². The third-order valence-electron chi connectivity index (χ3n) is 5.11. The summed E-state index contributed by atoms with van der Waals surface area (Å²) < 4.78 is 0. The third-order valence-corrected chi connectivity index (χ3v) is 5.11. The Bertz CT molecular complexity index is 966. The zero-order chi connectivity index (χ0) is 21.1. The van der Waals surface area contributed by atoms with Crippen molar-refractivity contribution in [2.45, 2.75) is 20.0 Å². The van der Waals surface area contributed by atoms with E-state index in [-0.39, 0.29) is 17.6 Å². The number of hydrogen-bond donors (Lipinski definition) is 1. The van der Waals surface area contributed by atoms with Gasteiger partial charge in [0, 0.05) is 49.6 Å².